The Bertz CT molecular complexity index is 1050. The van der Waals surface area contributed by atoms with E-state index in [9.17, 15) is 33.3 Å². The van der Waals surface area contributed by atoms with E-state index in [2.05, 4.69) is 10.6 Å². The zero-order chi connectivity index (χ0) is 24.7. The molecule has 3 rings (SSSR count). The molecule has 0 bridgehead atoms. The van der Waals surface area contributed by atoms with Crippen LogP contribution in [-0.2, 0) is 11.8 Å². The lowest BCUT2D eigenvalue weighted by Crippen LogP contribution is -2.40. The van der Waals surface area contributed by atoms with Gasteiger partial charge in [-0.05, 0) is 41.2 Å². The van der Waals surface area contributed by atoms with E-state index in [1.807, 2.05) is 0 Å². The van der Waals surface area contributed by atoms with E-state index < -0.39 is 41.4 Å². The number of rotatable bonds is 4. The minimum Gasteiger partial charge on any atom is -0.508 e. The summed E-state index contributed by atoms with van der Waals surface area (Å²) in [5.41, 5.74) is 0.260. The summed E-state index contributed by atoms with van der Waals surface area (Å²) in [4.78, 5) is 12.7. The summed E-state index contributed by atoms with van der Waals surface area (Å²) in [6.07, 6.45) is -8.65. The number of methoxy groups -OCH3 is 1. The molecule has 0 aliphatic heterocycles. The van der Waals surface area contributed by atoms with Crippen molar-refractivity contribution in [1.82, 2.24) is 5.32 Å². The molecule has 0 saturated heterocycles. The van der Waals surface area contributed by atoms with Crippen molar-refractivity contribution in [3.8, 4) is 11.5 Å². The maximum absolute atomic E-state index is 13.3. The summed E-state index contributed by atoms with van der Waals surface area (Å²) in [5, 5.41) is 35.5. The molecule has 180 valence electrons. The van der Waals surface area contributed by atoms with Crippen LogP contribution in [0.3, 0.4) is 0 Å². The number of amides is 2. The maximum Gasteiger partial charge on any atom is 0.418 e. The number of halogens is 3. The number of phenols is 1. The first-order valence-corrected chi connectivity index (χ1v) is 10.3. The fourth-order valence-corrected chi connectivity index (χ4v) is 3.91. The number of aliphatic hydroxyl groups excluding tert-OH is 2. The number of anilines is 1. The highest BCUT2D eigenvalue weighted by molar-refractivity contribution is 5.92. The number of hydrogen-bond acceptors (Lipinski definition) is 5. The topological polar surface area (TPSA) is 111 Å². The number of aliphatic hydroxyl groups is 2. The van der Waals surface area contributed by atoms with Crippen LogP contribution in [0.4, 0.5) is 23.7 Å². The minimum atomic E-state index is -4.94. The van der Waals surface area contributed by atoms with Crippen LogP contribution >= 0.6 is 0 Å². The molecule has 33 heavy (non-hydrogen) atoms. The molecule has 1 aliphatic rings. The predicted molar refractivity (Wildman–Crippen MR) is 115 cm³/mol. The number of aromatic hydroxyl groups is 1. The second-order valence-corrected chi connectivity index (χ2v) is 9.04. The third-order valence-corrected chi connectivity index (χ3v) is 5.65. The Labute approximate surface area is 189 Å². The van der Waals surface area contributed by atoms with E-state index in [4.69, 9.17) is 4.74 Å². The largest absolute Gasteiger partial charge is 0.508 e. The standard InChI is InChI=1S/C23H27F3N2O5/c1-22(2,3)12-9-13(20(31)23(24,25)26)19(33-4)15(10-12)28-21(32)27-14-8-11-6-5-7-16(29)17(11)18(14)30/h5-7,9-10,14,18,20,29-31H,8H2,1-4H3,(H2,27,28,32)/t14-,18-,20+/m0/s1. The van der Waals surface area contributed by atoms with Gasteiger partial charge >= 0.3 is 12.2 Å². The van der Waals surface area contributed by atoms with Crippen LogP contribution < -0.4 is 15.4 Å². The van der Waals surface area contributed by atoms with Crippen molar-refractivity contribution >= 4 is 11.7 Å². The Morgan fingerprint density at radius 1 is 1.21 bits per heavy atom. The average molecular weight is 468 g/mol. The van der Waals surface area contributed by atoms with Crippen molar-refractivity contribution in [3.63, 3.8) is 0 Å². The van der Waals surface area contributed by atoms with Crippen molar-refractivity contribution in [2.45, 2.75) is 57.0 Å². The number of carbonyl (C=O) groups excluding carboxylic acids is 1. The first kappa shape index (κ1) is 24.7. The number of carbonyl (C=O) groups is 1. The molecule has 0 saturated carbocycles. The quantitative estimate of drug-likeness (QED) is 0.465. The Hall–Kier alpha value is -2.98. The molecule has 3 atom stereocenters. The van der Waals surface area contributed by atoms with E-state index in [-0.39, 0.29) is 23.6 Å². The minimum absolute atomic E-state index is 0.0615. The first-order valence-electron chi connectivity index (χ1n) is 10.3. The zero-order valence-electron chi connectivity index (χ0n) is 18.6. The number of urea groups is 1. The highest BCUT2D eigenvalue weighted by Crippen LogP contribution is 2.43. The fourth-order valence-electron chi connectivity index (χ4n) is 3.91. The van der Waals surface area contributed by atoms with Crippen LogP contribution in [0.25, 0.3) is 0 Å². The number of phenolic OH excluding ortho intramolecular Hbond substituents is 1. The lowest BCUT2D eigenvalue weighted by molar-refractivity contribution is -0.207. The lowest BCUT2D eigenvalue weighted by Gasteiger charge is -2.26. The van der Waals surface area contributed by atoms with Gasteiger partial charge in [0.15, 0.2) is 6.10 Å². The average Bonchev–Trinajstić information content (AvgIpc) is 3.01. The lowest BCUT2D eigenvalue weighted by atomic mass is 9.84. The van der Waals surface area contributed by atoms with Crippen LogP contribution in [-0.4, -0.2) is 40.7 Å². The molecule has 7 nitrogen and oxygen atoms in total. The maximum atomic E-state index is 13.3. The zero-order valence-corrected chi connectivity index (χ0v) is 18.6. The van der Waals surface area contributed by atoms with Crippen molar-refractivity contribution < 1.29 is 38.0 Å². The second-order valence-electron chi connectivity index (χ2n) is 9.04. The number of alkyl halides is 3. The van der Waals surface area contributed by atoms with Crippen molar-refractivity contribution in [2.24, 2.45) is 0 Å². The number of hydrogen-bond donors (Lipinski definition) is 5. The van der Waals surface area contributed by atoms with Gasteiger partial charge in [-0.3, -0.25) is 0 Å². The van der Waals surface area contributed by atoms with Gasteiger partial charge in [-0.25, -0.2) is 4.79 Å². The Morgan fingerprint density at radius 2 is 1.88 bits per heavy atom. The Morgan fingerprint density at radius 3 is 2.42 bits per heavy atom. The summed E-state index contributed by atoms with van der Waals surface area (Å²) in [6.45, 7) is 5.34. The molecule has 5 N–H and O–H groups in total. The molecule has 0 heterocycles. The van der Waals surface area contributed by atoms with Gasteiger partial charge in [0.25, 0.3) is 0 Å². The van der Waals surface area contributed by atoms with Gasteiger partial charge < -0.3 is 30.7 Å². The summed E-state index contributed by atoms with van der Waals surface area (Å²) >= 11 is 0. The normalized spacial score (nSPS) is 19.1. The van der Waals surface area contributed by atoms with Gasteiger partial charge in [0.05, 0.1) is 18.8 Å². The first-order chi connectivity index (χ1) is 15.2. The van der Waals surface area contributed by atoms with Gasteiger partial charge in [-0.2, -0.15) is 13.2 Å². The number of benzene rings is 2. The van der Waals surface area contributed by atoms with E-state index in [1.165, 1.54) is 18.2 Å². The highest BCUT2D eigenvalue weighted by atomic mass is 19.4. The number of ether oxygens (including phenoxy) is 1. The van der Waals surface area contributed by atoms with Gasteiger partial charge in [0, 0.05) is 11.1 Å². The molecule has 2 aromatic carbocycles. The van der Waals surface area contributed by atoms with Gasteiger partial charge in [0.1, 0.15) is 17.6 Å². The third-order valence-electron chi connectivity index (χ3n) is 5.65. The molecule has 0 unspecified atom stereocenters. The van der Waals surface area contributed by atoms with Crippen molar-refractivity contribution in [1.29, 1.82) is 0 Å². The van der Waals surface area contributed by atoms with E-state index in [0.29, 0.717) is 16.7 Å². The molecule has 0 fully saturated rings. The predicted octanol–water partition coefficient (Wildman–Crippen LogP) is 4.07. The van der Waals surface area contributed by atoms with Crippen molar-refractivity contribution in [3.05, 3.63) is 52.6 Å². The number of nitrogens with one attached hydrogen (secondary N) is 2. The van der Waals surface area contributed by atoms with Crippen LogP contribution in [0.5, 0.6) is 11.5 Å². The Balaban J connectivity index is 1.91. The Kier molecular flexibility index (Phi) is 6.54. The monoisotopic (exact) mass is 468 g/mol. The van der Waals surface area contributed by atoms with E-state index in [1.54, 1.807) is 32.9 Å². The van der Waals surface area contributed by atoms with Crippen molar-refractivity contribution in [2.75, 3.05) is 12.4 Å². The van der Waals surface area contributed by atoms with Gasteiger partial charge in [-0.15, -0.1) is 0 Å². The third kappa shape index (κ3) is 5.01. The molecule has 0 radical (unpaired) electrons. The van der Waals surface area contributed by atoms with Crippen LogP contribution in [0, 0.1) is 0 Å². The molecule has 10 heteroatoms. The molecule has 1 aliphatic carbocycles. The van der Waals surface area contributed by atoms with Crippen LogP contribution in [0.1, 0.15) is 55.2 Å². The molecular formula is C23H27F3N2O5. The van der Waals surface area contributed by atoms with Crippen LogP contribution in [0.2, 0.25) is 0 Å². The summed E-state index contributed by atoms with van der Waals surface area (Å²) < 4.78 is 45.0. The fraction of sp³-hybridized carbons (Fsp3) is 0.435. The smallest absolute Gasteiger partial charge is 0.418 e. The number of fused-ring (bicyclic) bond motifs is 1. The molecule has 0 spiro atoms. The summed E-state index contributed by atoms with van der Waals surface area (Å²) in [7, 11) is 1.14. The highest BCUT2D eigenvalue weighted by Gasteiger charge is 2.42. The summed E-state index contributed by atoms with van der Waals surface area (Å²) in [6, 6.07) is 5.92. The SMILES string of the molecule is COc1c(NC(=O)N[C@H]2Cc3cccc(O)c3[C@H]2O)cc(C(C)(C)C)cc1[C@@H](O)C(F)(F)F. The van der Waals surface area contributed by atoms with Crippen LogP contribution in [0.15, 0.2) is 30.3 Å². The molecule has 0 aromatic heterocycles. The van der Waals surface area contributed by atoms with E-state index >= 15 is 0 Å². The van der Waals surface area contributed by atoms with E-state index in [0.717, 1.165) is 7.11 Å². The van der Waals surface area contributed by atoms with Gasteiger partial charge in [0.2, 0.25) is 0 Å². The van der Waals surface area contributed by atoms with Gasteiger partial charge in [-0.1, -0.05) is 32.9 Å². The molecule has 2 amide bonds. The molecule has 2 aromatic rings. The second kappa shape index (κ2) is 8.75. The molecular weight excluding hydrogens is 441 g/mol. The summed E-state index contributed by atoms with van der Waals surface area (Å²) in [5.74, 6) is -0.411.